The Morgan fingerprint density at radius 2 is 1.75 bits per heavy atom. The van der Waals surface area contributed by atoms with Crippen molar-refractivity contribution >= 4 is 27.3 Å². The zero-order chi connectivity index (χ0) is 14.3. The van der Waals surface area contributed by atoms with Crippen molar-refractivity contribution < 1.29 is 8.42 Å². The molecule has 0 aromatic heterocycles. The second-order valence-electron chi connectivity index (χ2n) is 4.91. The van der Waals surface area contributed by atoms with Crippen molar-refractivity contribution in [3.8, 4) is 0 Å². The van der Waals surface area contributed by atoms with Crippen LogP contribution in [0.1, 0.15) is 12.5 Å². The fourth-order valence-electron chi connectivity index (χ4n) is 2.66. The minimum absolute atomic E-state index is 0.103. The third-order valence-electron chi connectivity index (χ3n) is 3.52. The number of sulfonamides is 1. The second kappa shape index (κ2) is 4.79. The van der Waals surface area contributed by atoms with E-state index < -0.39 is 10.0 Å². The Labute approximate surface area is 123 Å². The number of nitrogens with zero attached hydrogens (tertiary/aromatic N) is 1. The minimum atomic E-state index is -3.63. The van der Waals surface area contributed by atoms with E-state index >= 15 is 0 Å². The van der Waals surface area contributed by atoms with E-state index in [4.69, 9.17) is 11.6 Å². The van der Waals surface area contributed by atoms with Gasteiger partial charge in [-0.1, -0.05) is 41.9 Å². The summed E-state index contributed by atoms with van der Waals surface area (Å²) >= 11 is 6.06. The van der Waals surface area contributed by atoms with Gasteiger partial charge in [0.2, 0.25) is 0 Å². The van der Waals surface area contributed by atoms with Gasteiger partial charge in [-0.05, 0) is 37.1 Å². The first kappa shape index (κ1) is 13.5. The summed E-state index contributed by atoms with van der Waals surface area (Å²) in [6.07, 6.45) is 0.722. The van der Waals surface area contributed by atoms with Gasteiger partial charge in [-0.3, -0.25) is 4.31 Å². The standard InChI is InChI=1S/C15H14ClNO2S/c1-11-10-12-6-2-4-8-14(12)17(11)20(18,19)15-9-5-3-7-13(15)16/h2-9,11H,10H2,1H3/t11-/m1/s1. The molecule has 1 atom stereocenters. The molecule has 0 bridgehead atoms. The van der Waals surface area contributed by atoms with Gasteiger partial charge in [0.05, 0.1) is 10.7 Å². The Bertz CT molecular complexity index is 758. The van der Waals surface area contributed by atoms with Gasteiger partial charge in [-0.25, -0.2) is 8.42 Å². The monoisotopic (exact) mass is 307 g/mol. The maximum atomic E-state index is 12.9. The molecular formula is C15H14ClNO2S. The molecule has 3 rings (SSSR count). The van der Waals surface area contributed by atoms with E-state index in [1.807, 2.05) is 31.2 Å². The summed E-state index contributed by atoms with van der Waals surface area (Å²) in [7, 11) is -3.63. The van der Waals surface area contributed by atoms with Crippen molar-refractivity contribution in [2.75, 3.05) is 4.31 Å². The van der Waals surface area contributed by atoms with Gasteiger partial charge in [0.25, 0.3) is 10.0 Å². The zero-order valence-corrected chi connectivity index (χ0v) is 12.5. The Morgan fingerprint density at radius 3 is 2.50 bits per heavy atom. The smallest absolute Gasteiger partial charge is 0.263 e. The number of rotatable bonds is 2. The van der Waals surface area contributed by atoms with Crippen molar-refractivity contribution in [2.45, 2.75) is 24.3 Å². The maximum Gasteiger partial charge on any atom is 0.266 e. The van der Waals surface area contributed by atoms with E-state index in [2.05, 4.69) is 0 Å². The van der Waals surface area contributed by atoms with Gasteiger partial charge >= 0.3 is 0 Å². The third-order valence-corrected chi connectivity index (χ3v) is 5.95. The molecule has 0 N–H and O–H groups in total. The molecule has 1 heterocycles. The Kier molecular flexibility index (Phi) is 3.22. The molecular weight excluding hydrogens is 294 g/mol. The average molecular weight is 308 g/mol. The van der Waals surface area contributed by atoms with Crippen LogP contribution in [0, 0.1) is 0 Å². The molecule has 104 valence electrons. The third kappa shape index (κ3) is 2.00. The molecule has 2 aromatic carbocycles. The van der Waals surface area contributed by atoms with Crippen molar-refractivity contribution in [3.05, 3.63) is 59.1 Å². The molecule has 0 spiro atoms. The predicted molar refractivity (Wildman–Crippen MR) is 80.7 cm³/mol. The lowest BCUT2D eigenvalue weighted by atomic mass is 10.1. The molecule has 0 saturated carbocycles. The Balaban J connectivity index is 2.16. The molecule has 0 unspecified atom stereocenters. The van der Waals surface area contributed by atoms with Crippen LogP contribution >= 0.6 is 11.6 Å². The number of anilines is 1. The molecule has 0 amide bonds. The summed E-state index contributed by atoms with van der Waals surface area (Å²) < 4.78 is 27.2. The fourth-order valence-corrected chi connectivity index (χ4v) is 4.85. The van der Waals surface area contributed by atoms with Gasteiger partial charge in [0.15, 0.2) is 0 Å². The molecule has 2 aromatic rings. The van der Waals surface area contributed by atoms with Crippen LogP contribution in [0.15, 0.2) is 53.4 Å². The van der Waals surface area contributed by atoms with Crippen LogP contribution in [0.4, 0.5) is 5.69 Å². The summed E-state index contributed by atoms with van der Waals surface area (Å²) in [5, 5.41) is 0.254. The van der Waals surface area contributed by atoms with Gasteiger partial charge in [0.1, 0.15) is 4.90 Å². The Hall–Kier alpha value is -1.52. The molecule has 0 radical (unpaired) electrons. The minimum Gasteiger partial charge on any atom is -0.263 e. The number of benzene rings is 2. The summed E-state index contributed by atoms with van der Waals surface area (Å²) in [5.41, 5.74) is 1.80. The van der Waals surface area contributed by atoms with Gasteiger partial charge in [-0.2, -0.15) is 0 Å². The highest BCUT2D eigenvalue weighted by Gasteiger charge is 2.36. The number of para-hydroxylation sites is 1. The molecule has 20 heavy (non-hydrogen) atoms. The highest BCUT2D eigenvalue weighted by atomic mass is 35.5. The number of hydrogen-bond acceptors (Lipinski definition) is 2. The molecule has 1 aliphatic heterocycles. The van der Waals surface area contributed by atoms with Crippen molar-refractivity contribution in [2.24, 2.45) is 0 Å². The van der Waals surface area contributed by atoms with Crippen LogP contribution < -0.4 is 4.31 Å². The highest BCUT2D eigenvalue weighted by molar-refractivity contribution is 7.93. The topological polar surface area (TPSA) is 37.4 Å². The summed E-state index contributed by atoms with van der Waals surface area (Å²) in [6.45, 7) is 1.91. The zero-order valence-electron chi connectivity index (χ0n) is 11.0. The number of halogens is 1. The fraction of sp³-hybridized carbons (Fsp3) is 0.200. The van der Waals surface area contributed by atoms with E-state index in [1.54, 1.807) is 24.3 Å². The van der Waals surface area contributed by atoms with Gasteiger partial charge in [-0.15, -0.1) is 0 Å². The number of hydrogen-bond donors (Lipinski definition) is 0. The van der Waals surface area contributed by atoms with Crippen molar-refractivity contribution in [1.29, 1.82) is 0 Å². The van der Waals surface area contributed by atoms with E-state index in [9.17, 15) is 8.42 Å². The quantitative estimate of drug-likeness (QED) is 0.852. The lowest BCUT2D eigenvalue weighted by Gasteiger charge is -2.24. The van der Waals surface area contributed by atoms with E-state index in [0.717, 1.165) is 17.7 Å². The van der Waals surface area contributed by atoms with Crippen LogP contribution in [0.25, 0.3) is 0 Å². The van der Waals surface area contributed by atoms with Crippen LogP contribution in [-0.4, -0.2) is 14.5 Å². The molecule has 5 heteroatoms. The van der Waals surface area contributed by atoms with Crippen LogP contribution in [0.5, 0.6) is 0 Å². The number of fused-ring (bicyclic) bond motifs is 1. The lowest BCUT2D eigenvalue weighted by Crippen LogP contribution is -2.35. The molecule has 1 aliphatic rings. The first-order valence-corrected chi connectivity index (χ1v) is 8.20. The normalized spacial score (nSPS) is 18.1. The summed E-state index contributed by atoms with van der Waals surface area (Å²) in [4.78, 5) is 0.158. The van der Waals surface area contributed by atoms with Crippen molar-refractivity contribution in [1.82, 2.24) is 0 Å². The lowest BCUT2D eigenvalue weighted by molar-refractivity contribution is 0.584. The van der Waals surface area contributed by atoms with Crippen LogP contribution in [0.3, 0.4) is 0 Å². The van der Waals surface area contributed by atoms with Crippen LogP contribution in [0.2, 0.25) is 5.02 Å². The average Bonchev–Trinajstić information content (AvgIpc) is 2.75. The highest BCUT2D eigenvalue weighted by Crippen LogP contribution is 2.37. The predicted octanol–water partition coefficient (Wildman–Crippen LogP) is 3.48. The first-order chi connectivity index (χ1) is 9.51. The second-order valence-corrected chi connectivity index (χ2v) is 7.10. The van der Waals surface area contributed by atoms with E-state index in [0.29, 0.717) is 0 Å². The largest absolute Gasteiger partial charge is 0.266 e. The summed E-state index contributed by atoms with van der Waals surface area (Å²) in [5.74, 6) is 0. The first-order valence-electron chi connectivity index (χ1n) is 6.38. The SMILES string of the molecule is C[C@@H]1Cc2ccccc2N1S(=O)(=O)c1ccccc1Cl. The molecule has 0 fully saturated rings. The van der Waals surface area contributed by atoms with E-state index in [-0.39, 0.29) is 16.0 Å². The molecule has 0 saturated heterocycles. The van der Waals surface area contributed by atoms with Gasteiger partial charge in [0, 0.05) is 6.04 Å². The Morgan fingerprint density at radius 1 is 1.10 bits per heavy atom. The van der Waals surface area contributed by atoms with Crippen molar-refractivity contribution in [3.63, 3.8) is 0 Å². The molecule has 3 nitrogen and oxygen atoms in total. The van der Waals surface area contributed by atoms with E-state index in [1.165, 1.54) is 4.31 Å². The summed E-state index contributed by atoms with van der Waals surface area (Å²) in [6, 6.07) is 14.0. The maximum absolute atomic E-state index is 12.9. The van der Waals surface area contributed by atoms with Crippen LogP contribution in [-0.2, 0) is 16.4 Å². The van der Waals surface area contributed by atoms with Gasteiger partial charge < -0.3 is 0 Å². The molecule has 0 aliphatic carbocycles.